The zero-order valence-corrected chi connectivity index (χ0v) is 26.4. The van der Waals surface area contributed by atoms with Crippen LogP contribution in [0.4, 0.5) is 0 Å². The summed E-state index contributed by atoms with van der Waals surface area (Å²) in [6.45, 7) is 4.20. The normalized spacial score (nSPS) is 14.5. The third-order valence-electron chi connectivity index (χ3n) is 7.18. The molecule has 1 aliphatic rings. The van der Waals surface area contributed by atoms with Crippen molar-refractivity contribution in [1.82, 2.24) is 23.8 Å². The molecule has 2 aromatic carbocycles. The van der Waals surface area contributed by atoms with Gasteiger partial charge in [-0.25, -0.2) is 3.97 Å². The first-order chi connectivity index (χ1) is 21.1. The van der Waals surface area contributed by atoms with E-state index in [2.05, 4.69) is 15.5 Å². The molecule has 1 aliphatic heterocycles. The lowest BCUT2D eigenvalue weighted by Crippen LogP contribution is -2.39. The highest BCUT2D eigenvalue weighted by atomic mass is 32.2. The number of benzene rings is 2. The summed E-state index contributed by atoms with van der Waals surface area (Å²) in [7, 11) is 3.33. The van der Waals surface area contributed by atoms with Crippen molar-refractivity contribution in [3.63, 3.8) is 0 Å². The van der Waals surface area contributed by atoms with Crippen LogP contribution < -0.4 is 24.8 Å². The molecule has 0 atom stereocenters. The van der Waals surface area contributed by atoms with E-state index in [1.807, 2.05) is 0 Å². The summed E-state index contributed by atoms with van der Waals surface area (Å²) in [6.07, 6.45) is 3.59. The number of carbonyl (C=O) groups excluding carboxylic acids is 2. The lowest BCUT2D eigenvalue weighted by molar-refractivity contribution is -0.117. The molecule has 2 N–H and O–H groups in total. The highest BCUT2D eigenvalue weighted by Crippen LogP contribution is 2.38. The Morgan fingerprint density at radius 1 is 1.02 bits per heavy atom. The van der Waals surface area contributed by atoms with Gasteiger partial charge in [-0.2, -0.15) is 12.7 Å². The van der Waals surface area contributed by atoms with Crippen LogP contribution in [0, 0.1) is 0 Å². The molecule has 0 spiro atoms. The van der Waals surface area contributed by atoms with E-state index < -0.39 is 22.0 Å². The summed E-state index contributed by atoms with van der Waals surface area (Å²) >= 11 is 0. The quantitative estimate of drug-likeness (QED) is 0.214. The van der Waals surface area contributed by atoms with Crippen LogP contribution in [0.25, 0.3) is 17.0 Å². The maximum atomic E-state index is 13.5. The van der Waals surface area contributed by atoms with Crippen molar-refractivity contribution in [2.45, 2.75) is 6.42 Å². The fourth-order valence-electron chi connectivity index (χ4n) is 4.80. The lowest BCUT2D eigenvalue weighted by Gasteiger charge is -2.26. The molecule has 14 heteroatoms. The van der Waals surface area contributed by atoms with E-state index in [-0.39, 0.29) is 22.8 Å². The van der Waals surface area contributed by atoms with Crippen molar-refractivity contribution >= 4 is 39.0 Å². The third kappa shape index (κ3) is 7.33. The van der Waals surface area contributed by atoms with Crippen LogP contribution >= 0.6 is 0 Å². The molecule has 13 nitrogen and oxygen atoms in total. The summed E-state index contributed by atoms with van der Waals surface area (Å²) in [5, 5.41) is 6.17. The first-order valence-corrected chi connectivity index (χ1v) is 15.4. The molecule has 0 aliphatic carbocycles. The van der Waals surface area contributed by atoms with Gasteiger partial charge in [-0.15, -0.1) is 0 Å². The van der Waals surface area contributed by atoms with Gasteiger partial charge in [-0.05, 0) is 37.2 Å². The van der Waals surface area contributed by atoms with Crippen molar-refractivity contribution in [3.05, 3.63) is 59.4 Å². The Bertz CT molecular complexity index is 1600. The molecule has 0 unspecified atom stereocenters. The van der Waals surface area contributed by atoms with Gasteiger partial charge in [0.25, 0.3) is 11.8 Å². The highest BCUT2D eigenvalue weighted by molar-refractivity contribution is 7.87. The average molecular weight is 630 g/mol. The second kappa shape index (κ2) is 14.6. The van der Waals surface area contributed by atoms with E-state index in [9.17, 15) is 18.0 Å². The second-order valence-electron chi connectivity index (χ2n) is 10.2. The number of nitrogens with zero attached hydrogens (tertiary/aromatic N) is 3. The molecule has 1 aromatic heterocycles. The molecule has 44 heavy (non-hydrogen) atoms. The number of morpholine rings is 1. The van der Waals surface area contributed by atoms with Gasteiger partial charge in [0.05, 0.1) is 40.1 Å². The predicted molar refractivity (Wildman–Crippen MR) is 166 cm³/mol. The molecular weight excluding hydrogens is 590 g/mol. The standard InChI is InChI=1S/C30H39N5O8S/c1-33(2)44(38,39)35-20-22(23-9-6-7-10-25(23)35)17-24(30(37)31-11-8-12-34-13-15-43-16-14-34)32-29(36)21-18-26(40-3)28(42-5)27(19-21)41-4/h6-7,9-10,17-20H,8,11-16H2,1-5H3,(H,31,37)(H,32,36)/b24-17-. The van der Waals surface area contributed by atoms with Gasteiger partial charge in [0.1, 0.15) is 5.70 Å². The number of fused-ring (bicyclic) bond motifs is 1. The topological polar surface area (TPSA) is 141 Å². The summed E-state index contributed by atoms with van der Waals surface area (Å²) < 4.78 is 49.9. The number of amides is 2. The Kier molecular flexibility index (Phi) is 10.9. The highest BCUT2D eigenvalue weighted by Gasteiger charge is 2.23. The Morgan fingerprint density at radius 2 is 1.68 bits per heavy atom. The molecule has 0 saturated carbocycles. The van der Waals surface area contributed by atoms with Gasteiger partial charge < -0.3 is 29.6 Å². The van der Waals surface area contributed by atoms with Crippen molar-refractivity contribution in [2.75, 3.05) is 74.8 Å². The molecule has 4 rings (SSSR count). The zero-order chi connectivity index (χ0) is 31.9. The minimum Gasteiger partial charge on any atom is -0.493 e. The molecule has 2 amide bonds. The average Bonchev–Trinajstić information content (AvgIpc) is 3.41. The van der Waals surface area contributed by atoms with Crippen LogP contribution in [-0.2, 0) is 19.7 Å². The molecule has 3 aromatic rings. The Balaban J connectivity index is 1.68. The van der Waals surface area contributed by atoms with Crippen LogP contribution in [0.2, 0.25) is 0 Å². The Morgan fingerprint density at radius 3 is 2.30 bits per heavy atom. The van der Waals surface area contributed by atoms with Crippen molar-refractivity contribution in [1.29, 1.82) is 0 Å². The number of ether oxygens (including phenoxy) is 4. The van der Waals surface area contributed by atoms with Crippen LogP contribution in [-0.4, -0.2) is 108 Å². The van der Waals surface area contributed by atoms with Crippen molar-refractivity contribution < 1.29 is 37.0 Å². The number of nitrogens with one attached hydrogen (secondary N) is 2. The van der Waals surface area contributed by atoms with Gasteiger partial charge in [-0.3, -0.25) is 14.5 Å². The van der Waals surface area contributed by atoms with E-state index in [0.717, 1.165) is 27.9 Å². The third-order valence-corrected chi connectivity index (χ3v) is 8.90. The van der Waals surface area contributed by atoms with E-state index in [1.165, 1.54) is 59.8 Å². The smallest absolute Gasteiger partial charge is 0.307 e. The van der Waals surface area contributed by atoms with Crippen LogP contribution in [0.5, 0.6) is 17.2 Å². The number of hydrogen-bond acceptors (Lipinski definition) is 9. The first kappa shape index (κ1) is 32.8. The minimum absolute atomic E-state index is 0.0692. The lowest BCUT2D eigenvalue weighted by atomic mass is 10.1. The largest absolute Gasteiger partial charge is 0.493 e. The molecule has 0 radical (unpaired) electrons. The molecule has 2 heterocycles. The van der Waals surface area contributed by atoms with E-state index in [1.54, 1.807) is 24.3 Å². The minimum atomic E-state index is -3.88. The number of para-hydroxylation sites is 1. The SMILES string of the molecule is COc1cc(C(=O)N/C(=C\c2cn(S(=O)(=O)N(C)C)c3ccccc23)C(=O)NCCCN2CCOCC2)cc(OC)c1OC. The van der Waals surface area contributed by atoms with Crippen LogP contribution in [0.3, 0.4) is 0 Å². The van der Waals surface area contributed by atoms with Gasteiger partial charge >= 0.3 is 10.2 Å². The Hall–Kier alpha value is -4.11. The molecule has 238 valence electrons. The molecule has 1 fully saturated rings. The van der Waals surface area contributed by atoms with Crippen LogP contribution in [0.15, 0.2) is 48.3 Å². The van der Waals surface area contributed by atoms with Crippen molar-refractivity contribution in [2.24, 2.45) is 0 Å². The summed E-state index contributed by atoms with van der Waals surface area (Å²) in [5.74, 6) is -0.280. The summed E-state index contributed by atoms with van der Waals surface area (Å²) in [4.78, 5) is 29.3. The van der Waals surface area contributed by atoms with Gasteiger partial charge in [0.15, 0.2) is 11.5 Å². The van der Waals surface area contributed by atoms with Crippen molar-refractivity contribution in [3.8, 4) is 17.2 Å². The van der Waals surface area contributed by atoms with Gasteiger partial charge in [0, 0.05) is 56.4 Å². The fraction of sp³-hybridized carbons (Fsp3) is 0.400. The first-order valence-electron chi connectivity index (χ1n) is 14.0. The van der Waals surface area contributed by atoms with E-state index >= 15 is 0 Å². The van der Waals surface area contributed by atoms with Gasteiger partial charge in [-0.1, -0.05) is 18.2 Å². The number of aromatic nitrogens is 1. The Labute approximate surface area is 257 Å². The number of methoxy groups -OCH3 is 3. The summed E-state index contributed by atoms with van der Waals surface area (Å²) in [6, 6.07) is 9.88. The monoisotopic (exact) mass is 629 g/mol. The maximum absolute atomic E-state index is 13.5. The zero-order valence-electron chi connectivity index (χ0n) is 25.6. The predicted octanol–water partition coefficient (Wildman–Crippen LogP) is 1.93. The van der Waals surface area contributed by atoms with E-state index in [0.29, 0.717) is 48.4 Å². The number of hydrogen-bond donors (Lipinski definition) is 2. The van der Waals surface area contributed by atoms with E-state index in [4.69, 9.17) is 18.9 Å². The molecule has 0 bridgehead atoms. The molecular formula is C30H39N5O8S. The second-order valence-corrected chi connectivity index (χ2v) is 12.2. The summed E-state index contributed by atoms with van der Waals surface area (Å²) in [5.41, 5.74) is 0.937. The number of carbonyl (C=O) groups is 2. The number of rotatable bonds is 13. The van der Waals surface area contributed by atoms with Crippen LogP contribution in [0.1, 0.15) is 22.3 Å². The maximum Gasteiger partial charge on any atom is 0.307 e. The molecule has 1 saturated heterocycles. The van der Waals surface area contributed by atoms with Gasteiger partial charge in [0.2, 0.25) is 5.75 Å². The fourth-order valence-corrected chi connectivity index (χ4v) is 5.81.